The first-order valence-electron chi connectivity index (χ1n) is 4.69. The van der Waals surface area contributed by atoms with Crippen LogP contribution in [-0.2, 0) is 6.61 Å². The van der Waals surface area contributed by atoms with Gasteiger partial charge in [0.15, 0.2) is 11.6 Å². The summed E-state index contributed by atoms with van der Waals surface area (Å²) in [5, 5.41) is 0. The molecule has 0 aromatic heterocycles. The van der Waals surface area contributed by atoms with Crippen molar-refractivity contribution in [3.8, 4) is 5.75 Å². The second-order valence-corrected chi connectivity index (χ2v) is 3.12. The Balaban J connectivity index is 2.03. The van der Waals surface area contributed by atoms with Gasteiger partial charge >= 0.3 is 0 Å². The third-order valence-corrected chi connectivity index (χ3v) is 2.01. The first-order chi connectivity index (χ1) is 7.36. The van der Waals surface area contributed by atoms with Gasteiger partial charge in [-0.15, -0.1) is 0 Å². The van der Waals surface area contributed by atoms with E-state index in [-0.39, 0.29) is 5.75 Å². The van der Waals surface area contributed by atoms with E-state index in [0.29, 0.717) is 6.61 Å². The van der Waals surface area contributed by atoms with Crippen LogP contribution in [-0.4, -0.2) is 0 Å². The van der Waals surface area contributed by atoms with Crippen LogP contribution < -0.4 is 4.74 Å². The van der Waals surface area contributed by atoms with Gasteiger partial charge in [0.05, 0.1) is 0 Å². The quantitative estimate of drug-likeness (QED) is 0.741. The second kappa shape index (κ2) is 4.60. The minimum Gasteiger partial charge on any atom is -0.486 e. The second-order valence-electron chi connectivity index (χ2n) is 3.12. The van der Waals surface area contributed by atoms with Crippen LogP contribution >= 0.6 is 0 Å². The summed E-state index contributed by atoms with van der Waals surface area (Å²) in [4.78, 5) is 0. The van der Waals surface area contributed by atoms with E-state index < -0.39 is 5.82 Å². The molecule has 2 aromatic carbocycles. The van der Waals surface area contributed by atoms with E-state index in [9.17, 15) is 4.39 Å². The molecular weight excluding hydrogens is 191 g/mol. The van der Waals surface area contributed by atoms with Crippen molar-refractivity contribution in [2.75, 3.05) is 0 Å². The van der Waals surface area contributed by atoms with Gasteiger partial charge in [0, 0.05) is 6.07 Å². The van der Waals surface area contributed by atoms with Crippen molar-refractivity contribution in [3.63, 3.8) is 0 Å². The van der Waals surface area contributed by atoms with Crippen molar-refractivity contribution in [2.45, 2.75) is 6.61 Å². The Morgan fingerprint density at radius 2 is 1.87 bits per heavy atom. The van der Waals surface area contributed by atoms with Crippen molar-refractivity contribution in [3.05, 3.63) is 66.0 Å². The maximum absolute atomic E-state index is 13.1. The molecule has 0 saturated carbocycles. The Bertz CT molecular complexity index is 426. The van der Waals surface area contributed by atoms with E-state index in [0.717, 1.165) is 5.56 Å². The molecule has 0 bridgehead atoms. The molecule has 0 unspecified atom stereocenters. The van der Waals surface area contributed by atoms with Crippen LogP contribution in [0.2, 0.25) is 0 Å². The summed E-state index contributed by atoms with van der Waals surface area (Å²) in [6, 6.07) is 16.9. The molecule has 0 fully saturated rings. The van der Waals surface area contributed by atoms with E-state index in [1.54, 1.807) is 12.1 Å². The highest BCUT2D eigenvalue weighted by Gasteiger charge is 2.01. The first kappa shape index (κ1) is 9.71. The number of hydrogen-bond acceptors (Lipinski definition) is 1. The number of rotatable bonds is 3. The summed E-state index contributed by atoms with van der Waals surface area (Å²) < 4.78 is 18.4. The topological polar surface area (TPSA) is 9.23 Å². The van der Waals surface area contributed by atoms with Gasteiger partial charge in [-0.1, -0.05) is 42.5 Å². The maximum Gasteiger partial charge on any atom is 0.172 e. The largest absolute Gasteiger partial charge is 0.486 e. The van der Waals surface area contributed by atoms with Crippen molar-refractivity contribution >= 4 is 0 Å². The lowest BCUT2D eigenvalue weighted by molar-refractivity contribution is 0.290. The third-order valence-electron chi connectivity index (χ3n) is 2.01. The minimum atomic E-state index is -0.451. The van der Waals surface area contributed by atoms with Gasteiger partial charge in [-0.2, -0.15) is 0 Å². The van der Waals surface area contributed by atoms with Gasteiger partial charge < -0.3 is 4.74 Å². The molecule has 0 spiro atoms. The maximum atomic E-state index is 13.1. The molecule has 1 nitrogen and oxygen atoms in total. The molecule has 1 radical (unpaired) electrons. The number of hydrogen-bond donors (Lipinski definition) is 0. The predicted molar refractivity (Wildman–Crippen MR) is 56.0 cm³/mol. The van der Waals surface area contributed by atoms with E-state index >= 15 is 0 Å². The molecule has 2 aromatic rings. The molecule has 0 heterocycles. The van der Waals surface area contributed by atoms with E-state index in [1.165, 1.54) is 6.07 Å². The van der Waals surface area contributed by atoms with Crippen molar-refractivity contribution in [2.24, 2.45) is 0 Å². The van der Waals surface area contributed by atoms with Crippen LogP contribution in [0, 0.1) is 11.9 Å². The van der Waals surface area contributed by atoms with Gasteiger partial charge in [-0.05, 0) is 11.6 Å². The summed E-state index contributed by atoms with van der Waals surface area (Å²) in [6.45, 7) is 0.371. The number of benzene rings is 2. The zero-order valence-corrected chi connectivity index (χ0v) is 8.11. The Morgan fingerprint density at radius 1 is 1.07 bits per heavy atom. The van der Waals surface area contributed by atoms with Crippen molar-refractivity contribution < 1.29 is 9.13 Å². The van der Waals surface area contributed by atoms with E-state index in [4.69, 9.17) is 4.74 Å². The Morgan fingerprint density at radius 3 is 2.60 bits per heavy atom. The van der Waals surface area contributed by atoms with Gasteiger partial charge in [0.25, 0.3) is 0 Å². The Hall–Kier alpha value is -1.83. The fraction of sp³-hybridized carbons (Fsp3) is 0.0769. The summed E-state index contributed by atoms with van der Waals surface area (Å²) in [5.41, 5.74) is 1.01. The summed E-state index contributed by atoms with van der Waals surface area (Å²) in [6.07, 6.45) is 0. The summed E-state index contributed by atoms with van der Waals surface area (Å²) in [5.74, 6) is -0.213. The average Bonchev–Trinajstić information content (AvgIpc) is 2.29. The molecule has 2 rings (SSSR count). The van der Waals surface area contributed by atoms with Crippen molar-refractivity contribution in [1.29, 1.82) is 0 Å². The highest BCUT2D eigenvalue weighted by Crippen LogP contribution is 2.16. The molecule has 0 atom stereocenters. The lowest BCUT2D eigenvalue weighted by Crippen LogP contribution is -1.96. The van der Waals surface area contributed by atoms with Gasteiger partial charge in [0.1, 0.15) is 6.61 Å². The van der Waals surface area contributed by atoms with Crippen LogP contribution in [0.25, 0.3) is 0 Å². The smallest absolute Gasteiger partial charge is 0.172 e. The van der Waals surface area contributed by atoms with Crippen molar-refractivity contribution in [1.82, 2.24) is 0 Å². The molecule has 0 aliphatic heterocycles. The summed E-state index contributed by atoms with van der Waals surface area (Å²) >= 11 is 0. The molecule has 0 N–H and O–H groups in total. The van der Waals surface area contributed by atoms with Crippen LogP contribution in [0.3, 0.4) is 0 Å². The Labute approximate surface area is 88.1 Å². The van der Waals surface area contributed by atoms with Crippen LogP contribution in [0.4, 0.5) is 4.39 Å². The molecule has 2 heteroatoms. The predicted octanol–water partition coefficient (Wildman–Crippen LogP) is 3.20. The minimum absolute atomic E-state index is 0.237. The fourth-order valence-electron chi connectivity index (χ4n) is 1.25. The van der Waals surface area contributed by atoms with Gasteiger partial charge in [-0.25, -0.2) is 4.39 Å². The lowest BCUT2D eigenvalue weighted by Gasteiger charge is -2.06. The van der Waals surface area contributed by atoms with Crippen LogP contribution in [0.15, 0.2) is 48.5 Å². The Kier molecular flexibility index (Phi) is 2.98. The number of ether oxygens (including phenoxy) is 1. The lowest BCUT2D eigenvalue weighted by atomic mass is 10.2. The van der Waals surface area contributed by atoms with Gasteiger partial charge in [0.2, 0.25) is 0 Å². The SMILES string of the molecule is Fc1[c]cccc1OCc1ccccc1. The molecular formula is C13H10FO. The van der Waals surface area contributed by atoms with Crippen LogP contribution in [0.1, 0.15) is 5.56 Å². The molecule has 0 aliphatic rings. The number of halogens is 1. The molecule has 0 amide bonds. The highest BCUT2D eigenvalue weighted by atomic mass is 19.1. The first-order valence-corrected chi connectivity index (χ1v) is 4.69. The highest BCUT2D eigenvalue weighted by molar-refractivity contribution is 5.23. The van der Waals surface area contributed by atoms with Gasteiger partial charge in [-0.3, -0.25) is 0 Å². The molecule has 15 heavy (non-hydrogen) atoms. The molecule has 0 saturated heterocycles. The van der Waals surface area contributed by atoms with Crippen LogP contribution in [0.5, 0.6) is 5.75 Å². The van der Waals surface area contributed by atoms with E-state index in [1.807, 2.05) is 30.3 Å². The zero-order valence-electron chi connectivity index (χ0n) is 8.11. The normalized spacial score (nSPS) is 9.93. The molecule has 75 valence electrons. The standard InChI is InChI=1S/C13H10FO/c14-12-8-4-5-9-13(12)15-10-11-6-2-1-3-7-11/h1-7,9H,10H2. The average molecular weight is 201 g/mol. The third kappa shape index (κ3) is 2.56. The summed E-state index contributed by atoms with van der Waals surface area (Å²) in [7, 11) is 0. The van der Waals surface area contributed by atoms with E-state index in [2.05, 4.69) is 6.07 Å². The monoisotopic (exact) mass is 201 g/mol. The molecule has 0 aliphatic carbocycles. The zero-order chi connectivity index (χ0) is 10.5. The fourth-order valence-corrected chi connectivity index (χ4v) is 1.25.